The maximum absolute atomic E-state index is 15.0. The molecule has 1 saturated heterocycles. The van der Waals surface area contributed by atoms with E-state index < -0.39 is 17.9 Å². The van der Waals surface area contributed by atoms with Crippen molar-refractivity contribution in [2.24, 2.45) is 5.92 Å². The zero-order chi connectivity index (χ0) is 26.2. The van der Waals surface area contributed by atoms with Crippen LogP contribution in [-0.4, -0.2) is 13.2 Å². The van der Waals surface area contributed by atoms with Gasteiger partial charge in [0.25, 0.3) is 0 Å². The van der Waals surface area contributed by atoms with E-state index in [0.717, 1.165) is 38.5 Å². The summed E-state index contributed by atoms with van der Waals surface area (Å²) in [6, 6.07) is 15.2. The highest BCUT2D eigenvalue weighted by molar-refractivity contribution is 5.71. The summed E-state index contributed by atoms with van der Waals surface area (Å²) in [5.74, 6) is -1.60. The van der Waals surface area contributed by atoms with Crippen molar-refractivity contribution >= 4 is 0 Å². The van der Waals surface area contributed by atoms with Crippen LogP contribution < -0.4 is 0 Å². The van der Waals surface area contributed by atoms with Crippen molar-refractivity contribution in [3.05, 3.63) is 83.2 Å². The molecule has 1 heterocycles. The average molecular weight is 511 g/mol. The molecule has 0 aliphatic carbocycles. The standard InChI is InChI=1S/C32H37F3O2/c1-3-5-6-7-8-10-25-15-18-28(31(35)30(25)34)24-13-11-23(12-14-24)27-17-16-26(19-29(27)33)32-36-20-22(9-4-2)21-37-32/h11-19,22,32H,3-10,20-21H2,1-2H3. The van der Waals surface area contributed by atoms with E-state index in [1.54, 1.807) is 42.5 Å². The number of unbranched alkanes of at least 4 members (excludes halogenated alkanes) is 4. The normalized spacial score (nSPS) is 17.8. The van der Waals surface area contributed by atoms with E-state index in [0.29, 0.717) is 53.4 Å². The Morgan fingerprint density at radius 1 is 0.703 bits per heavy atom. The number of halogens is 3. The summed E-state index contributed by atoms with van der Waals surface area (Å²) in [6.45, 7) is 5.51. The highest BCUT2D eigenvalue weighted by Crippen LogP contribution is 2.33. The van der Waals surface area contributed by atoms with Crippen molar-refractivity contribution < 1.29 is 22.6 Å². The maximum atomic E-state index is 15.0. The summed E-state index contributed by atoms with van der Waals surface area (Å²) in [5.41, 5.74) is 2.92. The number of rotatable bonds is 11. The fraction of sp³-hybridized carbons (Fsp3) is 0.438. The van der Waals surface area contributed by atoms with E-state index >= 15 is 4.39 Å². The molecule has 0 saturated carbocycles. The molecule has 1 fully saturated rings. The van der Waals surface area contributed by atoms with E-state index in [-0.39, 0.29) is 11.4 Å². The molecule has 0 aromatic heterocycles. The monoisotopic (exact) mass is 510 g/mol. The average Bonchev–Trinajstić information content (AvgIpc) is 2.92. The van der Waals surface area contributed by atoms with E-state index in [2.05, 4.69) is 13.8 Å². The van der Waals surface area contributed by atoms with Gasteiger partial charge in [-0.2, -0.15) is 0 Å². The Morgan fingerprint density at radius 3 is 2.00 bits per heavy atom. The highest BCUT2D eigenvalue weighted by Gasteiger charge is 2.24. The first-order valence-electron chi connectivity index (χ1n) is 13.6. The molecule has 0 spiro atoms. The van der Waals surface area contributed by atoms with Crippen molar-refractivity contribution in [1.82, 2.24) is 0 Å². The van der Waals surface area contributed by atoms with Crippen LogP contribution in [0.5, 0.6) is 0 Å². The quantitative estimate of drug-likeness (QED) is 0.239. The summed E-state index contributed by atoms with van der Waals surface area (Å²) >= 11 is 0. The lowest BCUT2D eigenvalue weighted by Crippen LogP contribution is -2.27. The molecule has 0 atom stereocenters. The van der Waals surface area contributed by atoms with Crippen LogP contribution in [0.3, 0.4) is 0 Å². The predicted molar refractivity (Wildman–Crippen MR) is 143 cm³/mol. The minimum Gasteiger partial charge on any atom is -0.348 e. The van der Waals surface area contributed by atoms with Gasteiger partial charge >= 0.3 is 0 Å². The van der Waals surface area contributed by atoms with Crippen molar-refractivity contribution in [2.45, 2.75) is 71.5 Å². The SMILES string of the molecule is CCCCCCCc1ccc(-c2ccc(-c3ccc(C4OCC(CCC)CO4)cc3F)cc2)c(F)c1F. The number of ether oxygens (including phenoxy) is 2. The van der Waals surface area contributed by atoms with Gasteiger partial charge in [0, 0.05) is 22.6 Å². The minimum atomic E-state index is -0.831. The van der Waals surface area contributed by atoms with Gasteiger partial charge in [-0.05, 0) is 42.0 Å². The molecule has 37 heavy (non-hydrogen) atoms. The molecule has 0 radical (unpaired) electrons. The van der Waals surface area contributed by atoms with Gasteiger partial charge in [-0.15, -0.1) is 0 Å². The van der Waals surface area contributed by atoms with Crippen LogP contribution in [0.1, 0.15) is 76.2 Å². The van der Waals surface area contributed by atoms with Crippen LogP contribution in [0.25, 0.3) is 22.3 Å². The fourth-order valence-electron chi connectivity index (χ4n) is 4.98. The van der Waals surface area contributed by atoms with Crippen molar-refractivity contribution in [3.8, 4) is 22.3 Å². The molecule has 0 amide bonds. The molecular formula is C32H37F3O2. The lowest BCUT2D eigenvalue weighted by Gasteiger charge is -2.29. The molecule has 0 bridgehead atoms. The van der Waals surface area contributed by atoms with E-state index in [9.17, 15) is 8.78 Å². The highest BCUT2D eigenvalue weighted by atomic mass is 19.2. The van der Waals surface area contributed by atoms with Gasteiger partial charge in [0.05, 0.1) is 13.2 Å². The van der Waals surface area contributed by atoms with Gasteiger partial charge in [-0.25, -0.2) is 13.2 Å². The molecule has 4 rings (SSSR count). The third-order valence-corrected chi connectivity index (χ3v) is 7.15. The molecule has 3 aromatic rings. The first-order chi connectivity index (χ1) is 18.0. The van der Waals surface area contributed by atoms with Crippen molar-refractivity contribution in [3.63, 3.8) is 0 Å². The van der Waals surface area contributed by atoms with Crippen LogP contribution >= 0.6 is 0 Å². The van der Waals surface area contributed by atoms with Crippen LogP contribution in [0.4, 0.5) is 13.2 Å². The van der Waals surface area contributed by atoms with Crippen LogP contribution in [0.15, 0.2) is 54.6 Å². The van der Waals surface area contributed by atoms with Crippen molar-refractivity contribution in [2.75, 3.05) is 13.2 Å². The molecule has 2 nitrogen and oxygen atoms in total. The summed E-state index contributed by atoms with van der Waals surface area (Å²) < 4.78 is 56.3. The first-order valence-corrected chi connectivity index (χ1v) is 13.6. The summed E-state index contributed by atoms with van der Waals surface area (Å²) in [6.07, 6.45) is 7.43. The second kappa shape index (κ2) is 13.3. The molecule has 5 heteroatoms. The topological polar surface area (TPSA) is 18.5 Å². The summed E-state index contributed by atoms with van der Waals surface area (Å²) in [7, 11) is 0. The fourth-order valence-corrected chi connectivity index (χ4v) is 4.98. The number of benzene rings is 3. The predicted octanol–water partition coefficient (Wildman–Crippen LogP) is 9.41. The van der Waals surface area contributed by atoms with E-state index in [1.165, 1.54) is 12.5 Å². The lowest BCUT2D eigenvalue weighted by molar-refractivity contribution is -0.206. The Hall–Kier alpha value is -2.63. The Balaban J connectivity index is 1.43. The Bertz CT molecular complexity index is 1150. The van der Waals surface area contributed by atoms with Crippen LogP contribution in [0.2, 0.25) is 0 Å². The molecule has 0 N–H and O–H groups in total. The smallest absolute Gasteiger partial charge is 0.183 e. The molecule has 1 aliphatic rings. The maximum Gasteiger partial charge on any atom is 0.183 e. The number of aryl methyl sites for hydroxylation is 1. The number of hydrogen-bond acceptors (Lipinski definition) is 2. The van der Waals surface area contributed by atoms with E-state index in [1.807, 2.05) is 6.07 Å². The second-order valence-electron chi connectivity index (χ2n) is 10.0. The Kier molecular flexibility index (Phi) is 9.81. The minimum absolute atomic E-state index is 0.211. The summed E-state index contributed by atoms with van der Waals surface area (Å²) in [5, 5.41) is 0. The van der Waals surface area contributed by atoms with Gasteiger partial charge in [0.1, 0.15) is 5.82 Å². The van der Waals surface area contributed by atoms with Gasteiger partial charge in [0.15, 0.2) is 17.9 Å². The van der Waals surface area contributed by atoms with E-state index in [4.69, 9.17) is 9.47 Å². The zero-order valence-corrected chi connectivity index (χ0v) is 21.9. The van der Waals surface area contributed by atoms with Gasteiger partial charge in [0.2, 0.25) is 0 Å². The molecule has 1 aliphatic heterocycles. The molecular weight excluding hydrogens is 473 g/mol. The van der Waals surface area contributed by atoms with Gasteiger partial charge in [-0.3, -0.25) is 0 Å². The molecule has 198 valence electrons. The largest absolute Gasteiger partial charge is 0.348 e. The Labute approximate surface area is 218 Å². The van der Waals surface area contributed by atoms with Crippen LogP contribution in [0, 0.1) is 23.4 Å². The third-order valence-electron chi connectivity index (χ3n) is 7.15. The van der Waals surface area contributed by atoms with Gasteiger partial charge in [-0.1, -0.05) is 94.5 Å². The summed E-state index contributed by atoms with van der Waals surface area (Å²) in [4.78, 5) is 0. The second-order valence-corrected chi connectivity index (χ2v) is 10.0. The van der Waals surface area contributed by atoms with Crippen LogP contribution in [-0.2, 0) is 15.9 Å². The number of hydrogen-bond donors (Lipinski definition) is 0. The molecule has 0 unspecified atom stereocenters. The first kappa shape index (κ1) is 27.4. The zero-order valence-electron chi connectivity index (χ0n) is 21.9. The molecule has 3 aromatic carbocycles. The van der Waals surface area contributed by atoms with Crippen molar-refractivity contribution in [1.29, 1.82) is 0 Å². The lowest BCUT2D eigenvalue weighted by atomic mass is 9.97. The Morgan fingerprint density at radius 2 is 1.35 bits per heavy atom. The van der Waals surface area contributed by atoms with Gasteiger partial charge < -0.3 is 9.47 Å². The third kappa shape index (κ3) is 6.82.